The highest BCUT2D eigenvalue weighted by Crippen LogP contribution is 2.28. The van der Waals surface area contributed by atoms with E-state index in [1.807, 2.05) is 0 Å². The van der Waals surface area contributed by atoms with Crippen molar-refractivity contribution in [3.05, 3.63) is 33.9 Å². The van der Waals surface area contributed by atoms with E-state index < -0.39 is 10.9 Å². The maximum atomic E-state index is 11.4. The molecule has 1 rings (SSSR count). The molecule has 0 saturated heterocycles. The molecule has 17 heavy (non-hydrogen) atoms. The lowest BCUT2D eigenvalue weighted by atomic mass is 10.1. The lowest BCUT2D eigenvalue weighted by molar-refractivity contribution is -0.385. The lowest BCUT2D eigenvalue weighted by Gasteiger charge is -2.08. The van der Waals surface area contributed by atoms with Crippen molar-refractivity contribution in [2.45, 2.75) is 13.3 Å². The van der Waals surface area contributed by atoms with Crippen LogP contribution in [0.5, 0.6) is 5.75 Å². The van der Waals surface area contributed by atoms with Crippen LogP contribution in [-0.4, -0.2) is 24.6 Å². The number of carbonyl (C=O) groups excluding carboxylic acids is 1. The van der Waals surface area contributed by atoms with Crippen LogP contribution in [-0.2, 0) is 16.0 Å². The minimum Gasteiger partial charge on any atom is -0.496 e. The summed E-state index contributed by atoms with van der Waals surface area (Å²) in [6.45, 7) is 1.91. The van der Waals surface area contributed by atoms with E-state index in [1.165, 1.54) is 19.2 Å². The summed E-state index contributed by atoms with van der Waals surface area (Å²) in [5.41, 5.74) is 0.0934. The zero-order chi connectivity index (χ0) is 12.8. The summed E-state index contributed by atoms with van der Waals surface area (Å²) in [7, 11) is 1.40. The second kappa shape index (κ2) is 5.83. The fraction of sp³-hybridized carbons (Fsp3) is 0.364. The molecule has 0 aliphatic rings. The Balaban J connectivity index is 3.09. The number of hydrogen-bond donors (Lipinski definition) is 0. The van der Waals surface area contributed by atoms with Crippen LogP contribution >= 0.6 is 0 Å². The molecule has 0 aliphatic carbocycles. The van der Waals surface area contributed by atoms with Gasteiger partial charge in [0, 0.05) is 6.07 Å². The molecule has 0 atom stereocenters. The highest BCUT2D eigenvalue weighted by atomic mass is 16.6. The van der Waals surface area contributed by atoms with Crippen molar-refractivity contribution < 1.29 is 19.2 Å². The van der Waals surface area contributed by atoms with Gasteiger partial charge in [0.15, 0.2) is 0 Å². The van der Waals surface area contributed by atoms with Gasteiger partial charge in [-0.1, -0.05) is 6.07 Å². The number of hydrogen-bond acceptors (Lipinski definition) is 5. The third-order valence-corrected chi connectivity index (χ3v) is 2.15. The van der Waals surface area contributed by atoms with Crippen LogP contribution in [0, 0.1) is 10.1 Å². The summed E-state index contributed by atoms with van der Waals surface area (Å²) in [5.74, 6) is -0.202. The first-order chi connectivity index (χ1) is 8.10. The molecule has 1 aromatic carbocycles. The minimum atomic E-state index is -0.545. The van der Waals surface area contributed by atoms with Gasteiger partial charge in [-0.25, -0.2) is 0 Å². The molecular formula is C11H13NO5. The highest BCUT2D eigenvalue weighted by molar-refractivity contribution is 5.75. The highest BCUT2D eigenvalue weighted by Gasteiger charge is 2.21. The van der Waals surface area contributed by atoms with Gasteiger partial charge in [-0.15, -0.1) is 0 Å². The fourth-order valence-corrected chi connectivity index (χ4v) is 1.45. The van der Waals surface area contributed by atoms with Crippen LogP contribution in [0.2, 0.25) is 0 Å². The van der Waals surface area contributed by atoms with Crippen LogP contribution < -0.4 is 4.74 Å². The smallest absolute Gasteiger partial charge is 0.310 e. The number of methoxy groups -OCH3 is 1. The summed E-state index contributed by atoms with van der Waals surface area (Å²) in [6.07, 6.45) is -0.172. The summed E-state index contributed by atoms with van der Waals surface area (Å²) >= 11 is 0. The zero-order valence-corrected chi connectivity index (χ0v) is 9.63. The van der Waals surface area contributed by atoms with Crippen LogP contribution in [0.15, 0.2) is 18.2 Å². The van der Waals surface area contributed by atoms with E-state index in [9.17, 15) is 14.9 Å². The van der Waals surface area contributed by atoms with Gasteiger partial charge in [-0.05, 0) is 13.0 Å². The first-order valence-corrected chi connectivity index (χ1v) is 5.06. The van der Waals surface area contributed by atoms with Crippen molar-refractivity contribution in [1.82, 2.24) is 0 Å². The number of nitro benzene ring substituents is 1. The molecule has 0 unspecified atom stereocenters. The van der Waals surface area contributed by atoms with Crippen LogP contribution in [0.25, 0.3) is 0 Å². The molecule has 1 aromatic rings. The van der Waals surface area contributed by atoms with Crippen molar-refractivity contribution in [1.29, 1.82) is 0 Å². The Morgan fingerprint density at radius 1 is 1.47 bits per heavy atom. The molecular weight excluding hydrogens is 226 g/mol. The fourth-order valence-electron chi connectivity index (χ4n) is 1.45. The van der Waals surface area contributed by atoms with E-state index >= 15 is 0 Å². The van der Waals surface area contributed by atoms with E-state index in [-0.39, 0.29) is 24.3 Å². The Labute approximate surface area is 98.3 Å². The van der Waals surface area contributed by atoms with E-state index in [1.54, 1.807) is 13.0 Å². The van der Waals surface area contributed by atoms with E-state index in [4.69, 9.17) is 9.47 Å². The van der Waals surface area contributed by atoms with Gasteiger partial charge < -0.3 is 9.47 Å². The maximum Gasteiger partial charge on any atom is 0.310 e. The first-order valence-electron chi connectivity index (χ1n) is 5.06. The van der Waals surface area contributed by atoms with Crippen molar-refractivity contribution in [2.75, 3.05) is 13.7 Å². The normalized spacial score (nSPS) is 9.76. The van der Waals surface area contributed by atoms with Crippen molar-refractivity contribution in [3.63, 3.8) is 0 Å². The van der Waals surface area contributed by atoms with Gasteiger partial charge in [0.1, 0.15) is 5.75 Å². The summed E-state index contributed by atoms with van der Waals surface area (Å²) < 4.78 is 9.77. The number of nitrogens with zero attached hydrogens (tertiary/aromatic N) is 1. The molecule has 0 radical (unpaired) electrons. The molecule has 0 aliphatic heterocycles. The largest absolute Gasteiger partial charge is 0.496 e. The van der Waals surface area contributed by atoms with Crippen molar-refractivity contribution in [3.8, 4) is 5.75 Å². The average Bonchev–Trinajstić information content (AvgIpc) is 2.29. The Hall–Kier alpha value is -2.11. The third kappa shape index (κ3) is 3.17. The number of nitro groups is 1. The molecule has 0 N–H and O–H groups in total. The Kier molecular flexibility index (Phi) is 4.45. The van der Waals surface area contributed by atoms with E-state index in [0.717, 1.165) is 0 Å². The second-order valence-corrected chi connectivity index (χ2v) is 3.20. The van der Waals surface area contributed by atoms with Crippen LogP contribution in [0.3, 0.4) is 0 Å². The van der Waals surface area contributed by atoms with Gasteiger partial charge in [-0.3, -0.25) is 14.9 Å². The summed E-state index contributed by atoms with van der Waals surface area (Å²) in [5, 5.41) is 10.8. The van der Waals surface area contributed by atoms with Gasteiger partial charge in [-0.2, -0.15) is 0 Å². The zero-order valence-electron chi connectivity index (χ0n) is 9.63. The first kappa shape index (κ1) is 13.0. The predicted molar refractivity (Wildman–Crippen MR) is 60.0 cm³/mol. The molecule has 6 heteroatoms. The summed E-state index contributed by atoms with van der Waals surface area (Å²) in [4.78, 5) is 21.6. The van der Waals surface area contributed by atoms with Gasteiger partial charge in [0.2, 0.25) is 0 Å². The number of benzene rings is 1. The molecule has 0 spiro atoms. The topological polar surface area (TPSA) is 78.7 Å². The van der Waals surface area contributed by atoms with Gasteiger partial charge in [0.05, 0.1) is 30.6 Å². The Morgan fingerprint density at radius 2 is 2.18 bits per heavy atom. The molecule has 0 saturated carbocycles. The molecule has 0 fully saturated rings. The summed E-state index contributed by atoms with van der Waals surface area (Å²) in [6, 6.07) is 4.41. The Bertz CT molecular complexity index is 430. The Morgan fingerprint density at radius 3 is 2.71 bits per heavy atom. The third-order valence-electron chi connectivity index (χ3n) is 2.15. The SMILES string of the molecule is CCOC(=O)Cc1c(OC)cccc1[N+](=O)[O-]. The van der Waals surface area contributed by atoms with Crippen LogP contribution in [0.4, 0.5) is 5.69 Å². The molecule has 6 nitrogen and oxygen atoms in total. The molecule has 0 aromatic heterocycles. The van der Waals surface area contributed by atoms with Gasteiger partial charge in [0.25, 0.3) is 5.69 Å². The quantitative estimate of drug-likeness (QED) is 0.444. The predicted octanol–water partition coefficient (Wildman–Crippen LogP) is 1.71. The van der Waals surface area contributed by atoms with E-state index in [0.29, 0.717) is 5.75 Å². The molecule has 0 bridgehead atoms. The number of esters is 1. The average molecular weight is 239 g/mol. The standard InChI is InChI=1S/C11H13NO5/c1-3-17-11(13)7-8-9(12(14)15)5-4-6-10(8)16-2/h4-6H,3,7H2,1-2H3. The van der Waals surface area contributed by atoms with E-state index in [2.05, 4.69) is 0 Å². The molecule has 0 amide bonds. The van der Waals surface area contributed by atoms with Crippen LogP contribution in [0.1, 0.15) is 12.5 Å². The van der Waals surface area contributed by atoms with Gasteiger partial charge >= 0.3 is 5.97 Å². The second-order valence-electron chi connectivity index (χ2n) is 3.20. The lowest BCUT2D eigenvalue weighted by Crippen LogP contribution is -2.10. The number of carbonyl (C=O) groups is 1. The molecule has 92 valence electrons. The maximum absolute atomic E-state index is 11.4. The van der Waals surface area contributed by atoms with Crippen molar-refractivity contribution >= 4 is 11.7 Å². The number of ether oxygens (including phenoxy) is 2. The minimum absolute atomic E-state index is 0.141. The van der Waals surface area contributed by atoms with Crippen molar-refractivity contribution in [2.24, 2.45) is 0 Å². The number of rotatable bonds is 5. The monoisotopic (exact) mass is 239 g/mol. The molecule has 0 heterocycles.